The third-order valence-corrected chi connectivity index (χ3v) is 4.54. The van der Waals surface area contributed by atoms with Gasteiger partial charge in [0, 0.05) is 28.7 Å². The molecule has 3 nitrogen and oxygen atoms in total. The lowest BCUT2D eigenvalue weighted by Crippen LogP contribution is -2.00. The summed E-state index contributed by atoms with van der Waals surface area (Å²) in [4.78, 5) is 14.1. The highest BCUT2D eigenvalue weighted by molar-refractivity contribution is 6.36. The van der Waals surface area contributed by atoms with E-state index in [1.165, 1.54) is 31.4 Å². The summed E-state index contributed by atoms with van der Waals surface area (Å²) in [7, 11) is 0. The number of aliphatic imine (C=N–C) groups is 1. The smallest absolute Gasteiger partial charge is 0.293 e. The van der Waals surface area contributed by atoms with Gasteiger partial charge in [0.05, 0.1) is 6.61 Å². The van der Waals surface area contributed by atoms with Crippen molar-refractivity contribution in [2.24, 2.45) is 4.99 Å². The molecular weight excluding hydrogens is 381 g/mol. The lowest BCUT2D eigenvalue weighted by Gasteiger charge is -2.06. The summed E-state index contributed by atoms with van der Waals surface area (Å²) in [5.74, 6) is 0. The average molecular weight is 420 g/mol. The monoisotopic (exact) mass is 419 g/mol. The van der Waals surface area contributed by atoms with Crippen LogP contribution in [0.5, 0.6) is 0 Å². The van der Waals surface area contributed by atoms with Crippen LogP contribution in [0.15, 0.2) is 23.2 Å². The van der Waals surface area contributed by atoms with Crippen LogP contribution in [0.2, 0.25) is 10.0 Å². The van der Waals surface area contributed by atoms with E-state index < -0.39 is 0 Å². The zero-order valence-corrected chi connectivity index (χ0v) is 15.9. The molecule has 1 aromatic carbocycles. The molecule has 0 bridgehead atoms. The van der Waals surface area contributed by atoms with E-state index in [4.69, 9.17) is 23.2 Å². The van der Waals surface area contributed by atoms with Gasteiger partial charge in [-0.1, -0.05) is 84.2 Å². The molecule has 1 aromatic rings. The number of hydrogen-bond acceptors (Lipinski definition) is 3. The lowest BCUT2D eigenvalue weighted by molar-refractivity contribution is -0.128. The van der Waals surface area contributed by atoms with Crippen molar-refractivity contribution < 1.29 is 9.53 Å². The van der Waals surface area contributed by atoms with Gasteiger partial charge < -0.3 is 4.74 Å². The predicted molar refractivity (Wildman–Crippen MR) is 123 cm³/mol. The van der Waals surface area contributed by atoms with Crippen LogP contribution in [0.3, 0.4) is 0 Å². The summed E-state index contributed by atoms with van der Waals surface area (Å²) in [6, 6.07) is 5.61. The van der Waals surface area contributed by atoms with Crippen LogP contribution in [-0.2, 0) is 16.0 Å². The number of carbonyl (C=O) groups excluding carboxylic acids is 1. The second-order valence-electron chi connectivity index (χ2n) is 5.81. The van der Waals surface area contributed by atoms with E-state index in [1.807, 2.05) is 18.2 Å². The number of benzene rings is 1. The van der Waals surface area contributed by atoms with Gasteiger partial charge in [-0.15, -0.1) is 0 Å². The maximum Gasteiger partial charge on any atom is 0.293 e. The number of unbranched alkanes of at least 4 members (excludes halogenated alkanes) is 4. The molecule has 1 heterocycles. The Bertz CT molecular complexity index is 499. The fourth-order valence-corrected chi connectivity index (χ4v) is 3.02. The zero-order chi connectivity index (χ0) is 17.6. The van der Waals surface area contributed by atoms with E-state index in [0.717, 1.165) is 47.8 Å². The van der Waals surface area contributed by atoms with Crippen molar-refractivity contribution in [3.05, 3.63) is 33.8 Å². The van der Waals surface area contributed by atoms with Crippen LogP contribution in [0.25, 0.3) is 0 Å². The Morgan fingerprint density at radius 2 is 1.70 bits per heavy atom. The van der Waals surface area contributed by atoms with E-state index >= 15 is 0 Å². The molecule has 5 heteroatoms. The highest BCUT2D eigenvalue weighted by Crippen LogP contribution is 2.26. The first-order valence-electron chi connectivity index (χ1n) is 8.69. The van der Waals surface area contributed by atoms with Gasteiger partial charge in [-0.25, -0.2) is 0 Å². The van der Waals surface area contributed by atoms with E-state index in [2.05, 4.69) is 16.7 Å². The second kappa shape index (κ2) is 19.7. The average Bonchev–Trinajstić information content (AvgIpc) is 3.08. The maximum absolute atomic E-state index is 9.67. The molecule has 0 amide bonds. The van der Waals surface area contributed by atoms with Crippen LogP contribution in [0.1, 0.15) is 79.7 Å². The molecule has 0 fully saturated rings. The van der Waals surface area contributed by atoms with Crippen LogP contribution in [0.4, 0.5) is 0 Å². The zero-order valence-electron chi connectivity index (χ0n) is 14.4. The minimum atomic E-state index is 0. The Balaban J connectivity index is -0.000000404. The Labute approximate surface area is 177 Å². The van der Waals surface area contributed by atoms with Gasteiger partial charge in [0.25, 0.3) is 6.47 Å². The Kier molecular flexibility index (Phi) is 22.4. The van der Waals surface area contributed by atoms with Gasteiger partial charge in [-0.2, -0.15) is 0 Å². The molecule has 0 radical (unpaired) electrons. The molecule has 0 aromatic heterocycles. The molecule has 1 aliphatic heterocycles. The van der Waals surface area contributed by atoms with Crippen molar-refractivity contribution in [1.82, 2.24) is 0 Å². The minimum Gasteiger partial charge on any atom is -0.468 e. The molecule has 27 heavy (non-hydrogen) atoms. The number of rotatable bonds is 9. The Hall–Kier alpha value is -1.06. The summed E-state index contributed by atoms with van der Waals surface area (Å²) in [6.45, 7) is 4.24. The van der Waals surface area contributed by atoms with Gasteiger partial charge in [0.15, 0.2) is 0 Å². The van der Waals surface area contributed by atoms with E-state index in [9.17, 15) is 4.79 Å². The van der Waals surface area contributed by atoms with Crippen molar-refractivity contribution in [3.8, 4) is 0 Å². The molecule has 158 valence electrons. The fourth-order valence-electron chi connectivity index (χ4n) is 2.49. The van der Waals surface area contributed by atoms with Gasteiger partial charge in [0.2, 0.25) is 0 Å². The molecule has 0 aliphatic carbocycles. The van der Waals surface area contributed by atoms with E-state index in [1.54, 1.807) is 0 Å². The molecular formula is C22H39Cl2NO2. The Morgan fingerprint density at radius 1 is 1.07 bits per heavy atom. The molecule has 0 atom stereocenters. The summed E-state index contributed by atoms with van der Waals surface area (Å²) in [5.41, 5.74) is 2.23. The summed E-state index contributed by atoms with van der Waals surface area (Å²) in [5, 5.41) is 1.49. The number of carbonyl (C=O) groups is 1. The van der Waals surface area contributed by atoms with Crippen LogP contribution in [-0.4, -0.2) is 25.3 Å². The van der Waals surface area contributed by atoms with Crippen LogP contribution >= 0.6 is 23.2 Å². The van der Waals surface area contributed by atoms with Crippen LogP contribution < -0.4 is 0 Å². The molecule has 2 rings (SSSR count). The maximum atomic E-state index is 9.67. The first-order valence-corrected chi connectivity index (χ1v) is 9.45. The topological polar surface area (TPSA) is 38.7 Å². The second-order valence-corrected chi connectivity index (χ2v) is 6.62. The molecule has 0 N–H and O–H groups in total. The largest absolute Gasteiger partial charge is 0.468 e. The van der Waals surface area contributed by atoms with E-state index in [0.29, 0.717) is 13.1 Å². The highest BCUT2D eigenvalue weighted by atomic mass is 35.5. The molecule has 0 spiro atoms. The van der Waals surface area contributed by atoms with Gasteiger partial charge in [0.1, 0.15) is 0 Å². The third-order valence-electron chi connectivity index (χ3n) is 3.84. The Morgan fingerprint density at radius 3 is 2.22 bits per heavy atom. The summed E-state index contributed by atoms with van der Waals surface area (Å²) >= 11 is 12.1. The van der Waals surface area contributed by atoms with Crippen molar-refractivity contribution in [2.75, 3.05) is 13.2 Å². The molecule has 0 saturated heterocycles. The lowest BCUT2D eigenvalue weighted by atomic mass is 10.1. The highest BCUT2D eigenvalue weighted by Gasteiger charge is 2.11. The molecule has 0 saturated carbocycles. The van der Waals surface area contributed by atoms with Gasteiger partial charge in [-0.3, -0.25) is 9.79 Å². The normalized spacial score (nSPS) is 11.6. The SMILES string of the molecule is C.C.C.CCCCCCCOC=O.Clc1cccc(Cl)c1CC1=NCCC1. The molecule has 1 aliphatic rings. The van der Waals surface area contributed by atoms with E-state index in [-0.39, 0.29) is 22.3 Å². The number of hydrogen-bond donors (Lipinski definition) is 0. The third kappa shape index (κ3) is 13.7. The van der Waals surface area contributed by atoms with Crippen molar-refractivity contribution in [1.29, 1.82) is 0 Å². The first-order chi connectivity index (χ1) is 11.7. The van der Waals surface area contributed by atoms with Crippen molar-refractivity contribution in [3.63, 3.8) is 0 Å². The number of ether oxygens (including phenoxy) is 1. The standard InChI is InChI=1S/C11H11Cl2N.C8H16O2.3CH4/c12-10-4-1-5-11(13)9(10)7-8-3-2-6-14-8;1-2-3-4-5-6-7-10-8-9;;;/h1,4-5H,2-3,6-7H2;8H,2-7H2,1H3;3*1H4. The number of nitrogens with zero attached hydrogens (tertiary/aromatic N) is 1. The summed E-state index contributed by atoms with van der Waals surface area (Å²) < 4.78 is 4.53. The predicted octanol–water partition coefficient (Wildman–Crippen LogP) is 7.81. The van der Waals surface area contributed by atoms with Crippen molar-refractivity contribution >= 4 is 35.4 Å². The summed E-state index contributed by atoms with van der Waals surface area (Å²) in [6.07, 6.45) is 9.06. The van der Waals surface area contributed by atoms with Crippen molar-refractivity contribution in [2.45, 2.75) is 80.6 Å². The number of halogens is 2. The quantitative estimate of drug-likeness (QED) is 0.302. The molecule has 0 unspecified atom stereocenters. The van der Waals surface area contributed by atoms with Crippen LogP contribution in [0, 0.1) is 0 Å². The van der Waals surface area contributed by atoms with Gasteiger partial charge >= 0.3 is 0 Å². The minimum absolute atomic E-state index is 0. The first kappa shape index (κ1) is 30.7. The van der Waals surface area contributed by atoms with Gasteiger partial charge in [-0.05, 0) is 37.0 Å². The fraction of sp³-hybridized carbons (Fsp3) is 0.636.